The summed E-state index contributed by atoms with van der Waals surface area (Å²) in [5, 5.41) is 5.81. The van der Waals surface area contributed by atoms with Crippen LogP contribution < -0.4 is 15.5 Å². The first-order chi connectivity index (χ1) is 13.8. The molecule has 5 nitrogen and oxygen atoms in total. The zero-order valence-electron chi connectivity index (χ0n) is 18.1. The van der Waals surface area contributed by atoms with E-state index in [0.29, 0.717) is 6.04 Å². The Morgan fingerprint density at radius 1 is 0.931 bits per heavy atom. The van der Waals surface area contributed by atoms with E-state index in [-0.39, 0.29) is 24.2 Å². The van der Waals surface area contributed by atoms with Crippen molar-refractivity contribution in [3.8, 4) is 0 Å². The highest BCUT2D eigenvalue weighted by Gasteiger charge is 2.24. The van der Waals surface area contributed by atoms with E-state index in [2.05, 4.69) is 36.3 Å². The average Bonchev–Trinajstić information content (AvgIpc) is 2.68. The SMILES string of the molecule is CCN(c1ccc(NC(=O)[C@@H](NC(=O)Cc2ccccc2)C(C)C)cc1)C(C)C. The number of carbonyl (C=O) groups excluding carboxylic acids is 2. The van der Waals surface area contributed by atoms with E-state index in [9.17, 15) is 9.59 Å². The molecule has 0 radical (unpaired) electrons. The third kappa shape index (κ3) is 6.63. The van der Waals surface area contributed by atoms with Crippen LogP contribution in [0.3, 0.4) is 0 Å². The van der Waals surface area contributed by atoms with Gasteiger partial charge in [-0.15, -0.1) is 0 Å². The molecule has 2 rings (SSSR count). The molecule has 156 valence electrons. The van der Waals surface area contributed by atoms with E-state index in [4.69, 9.17) is 0 Å². The second kappa shape index (κ2) is 10.6. The molecule has 2 amide bonds. The van der Waals surface area contributed by atoms with Gasteiger partial charge in [0.15, 0.2) is 0 Å². The normalized spacial score (nSPS) is 12.0. The fourth-order valence-corrected chi connectivity index (χ4v) is 3.34. The van der Waals surface area contributed by atoms with Crippen LogP contribution >= 0.6 is 0 Å². The molecule has 29 heavy (non-hydrogen) atoms. The van der Waals surface area contributed by atoms with Crippen molar-refractivity contribution in [1.29, 1.82) is 0 Å². The van der Waals surface area contributed by atoms with E-state index in [1.54, 1.807) is 0 Å². The molecule has 2 aromatic rings. The number of nitrogens with one attached hydrogen (secondary N) is 2. The lowest BCUT2D eigenvalue weighted by molar-refractivity contribution is -0.127. The summed E-state index contributed by atoms with van der Waals surface area (Å²) in [5.41, 5.74) is 2.77. The number of benzene rings is 2. The van der Waals surface area contributed by atoms with E-state index in [1.807, 2.05) is 68.4 Å². The Bertz CT molecular complexity index is 786. The van der Waals surface area contributed by atoms with Crippen LogP contribution in [0, 0.1) is 5.92 Å². The van der Waals surface area contributed by atoms with E-state index in [0.717, 1.165) is 23.5 Å². The fourth-order valence-electron chi connectivity index (χ4n) is 3.34. The molecule has 2 N–H and O–H groups in total. The third-order valence-corrected chi connectivity index (χ3v) is 4.90. The zero-order valence-corrected chi connectivity index (χ0v) is 18.1. The summed E-state index contributed by atoms with van der Waals surface area (Å²) in [7, 11) is 0. The number of hydrogen-bond acceptors (Lipinski definition) is 3. The Balaban J connectivity index is 2.01. The highest BCUT2D eigenvalue weighted by molar-refractivity contribution is 5.97. The topological polar surface area (TPSA) is 61.4 Å². The number of rotatable bonds is 9. The molecule has 0 bridgehead atoms. The Kier molecular flexibility index (Phi) is 8.25. The largest absolute Gasteiger partial charge is 0.369 e. The Hall–Kier alpha value is -2.82. The van der Waals surface area contributed by atoms with Crippen molar-refractivity contribution in [2.24, 2.45) is 5.92 Å². The number of carbonyl (C=O) groups is 2. The van der Waals surface area contributed by atoms with Crippen LogP contribution in [-0.2, 0) is 16.0 Å². The van der Waals surface area contributed by atoms with Gasteiger partial charge in [0.2, 0.25) is 11.8 Å². The van der Waals surface area contributed by atoms with Crippen molar-refractivity contribution in [3.63, 3.8) is 0 Å². The van der Waals surface area contributed by atoms with Crippen molar-refractivity contribution >= 4 is 23.2 Å². The first-order valence-electron chi connectivity index (χ1n) is 10.3. The van der Waals surface area contributed by atoms with Crippen LogP contribution in [0.5, 0.6) is 0 Å². The minimum absolute atomic E-state index is 0.0227. The first kappa shape index (κ1) is 22.5. The lowest BCUT2D eigenvalue weighted by Crippen LogP contribution is -2.47. The van der Waals surface area contributed by atoms with Crippen LogP contribution in [-0.4, -0.2) is 30.4 Å². The van der Waals surface area contributed by atoms with Crippen LogP contribution in [0.25, 0.3) is 0 Å². The van der Waals surface area contributed by atoms with Crippen molar-refractivity contribution in [2.75, 3.05) is 16.8 Å². The van der Waals surface area contributed by atoms with Crippen LogP contribution in [0.15, 0.2) is 54.6 Å². The number of anilines is 2. The monoisotopic (exact) mass is 395 g/mol. The van der Waals surface area contributed by atoms with Crippen molar-refractivity contribution in [2.45, 2.75) is 53.1 Å². The predicted molar refractivity (Wildman–Crippen MR) is 120 cm³/mol. The summed E-state index contributed by atoms with van der Waals surface area (Å²) in [6.07, 6.45) is 0.258. The summed E-state index contributed by atoms with van der Waals surface area (Å²) < 4.78 is 0. The molecule has 0 fully saturated rings. The average molecular weight is 396 g/mol. The van der Waals surface area contributed by atoms with Crippen LogP contribution in [0.2, 0.25) is 0 Å². The van der Waals surface area contributed by atoms with Gasteiger partial charge in [0.05, 0.1) is 6.42 Å². The third-order valence-electron chi connectivity index (χ3n) is 4.90. The molecule has 0 aromatic heterocycles. The standard InChI is InChI=1S/C24H33N3O2/c1-6-27(18(4)5)21-14-12-20(13-15-21)25-24(29)23(17(2)3)26-22(28)16-19-10-8-7-9-11-19/h7-15,17-18,23H,6,16H2,1-5H3,(H,25,29)(H,26,28)/t23-/m0/s1. The highest BCUT2D eigenvalue weighted by atomic mass is 16.2. The maximum Gasteiger partial charge on any atom is 0.247 e. The summed E-state index contributed by atoms with van der Waals surface area (Å²) in [6, 6.07) is 17.2. The minimum atomic E-state index is -0.589. The zero-order chi connectivity index (χ0) is 21.4. The molecule has 0 aliphatic heterocycles. The number of hydrogen-bond donors (Lipinski definition) is 2. The van der Waals surface area contributed by atoms with Gasteiger partial charge in [-0.3, -0.25) is 9.59 Å². The smallest absolute Gasteiger partial charge is 0.247 e. The van der Waals surface area contributed by atoms with Gasteiger partial charge < -0.3 is 15.5 Å². The molecule has 0 heterocycles. The Labute approximate surface area is 174 Å². The lowest BCUT2D eigenvalue weighted by Gasteiger charge is -2.27. The molecular weight excluding hydrogens is 362 g/mol. The van der Waals surface area contributed by atoms with Gasteiger partial charge >= 0.3 is 0 Å². The Morgan fingerprint density at radius 2 is 1.55 bits per heavy atom. The molecule has 2 aromatic carbocycles. The maximum absolute atomic E-state index is 12.8. The summed E-state index contributed by atoms with van der Waals surface area (Å²) in [6.45, 7) is 11.2. The lowest BCUT2D eigenvalue weighted by atomic mass is 10.0. The van der Waals surface area contributed by atoms with Gasteiger partial charge in [-0.2, -0.15) is 0 Å². The van der Waals surface area contributed by atoms with Gasteiger partial charge in [-0.25, -0.2) is 0 Å². The van der Waals surface area contributed by atoms with Crippen molar-refractivity contribution < 1.29 is 9.59 Å². The molecule has 1 atom stereocenters. The molecule has 0 saturated carbocycles. The summed E-state index contributed by atoms with van der Waals surface area (Å²) in [5.74, 6) is -0.383. The summed E-state index contributed by atoms with van der Waals surface area (Å²) in [4.78, 5) is 27.5. The minimum Gasteiger partial charge on any atom is -0.369 e. The van der Waals surface area contributed by atoms with Gasteiger partial charge in [0.1, 0.15) is 6.04 Å². The molecule has 0 saturated heterocycles. The first-order valence-corrected chi connectivity index (χ1v) is 10.3. The molecule has 0 aliphatic carbocycles. The second-order valence-corrected chi connectivity index (χ2v) is 7.87. The Morgan fingerprint density at radius 3 is 2.07 bits per heavy atom. The second-order valence-electron chi connectivity index (χ2n) is 7.87. The van der Waals surface area contributed by atoms with Gasteiger partial charge in [0.25, 0.3) is 0 Å². The van der Waals surface area contributed by atoms with Crippen molar-refractivity contribution in [1.82, 2.24) is 5.32 Å². The molecule has 5 heteroatoms. The van der Waals surface area contributed by atoms with Gasteiger partial charge in [0, 0.05) is 24.0 Å². The number of amides is 2. The van der Waals surface area contributed by atoms with Crippen molar-refractivity contribution in [3.05, 3.63) is 60.2 Å². The maximum atomic E-state index is 12.8. The van der Waals surface area contributed by atoms with Gasteiger partial charge in [-0.1, -0.05) is 44.2 Å². The van der Waals surface area contributed by atoms with Crippen LogP contribution in [0.4, 0.5) is 11.4 Å². The van der Waals surface area contributed by atoms with E-state index >= 15 is 0 Å². The van der Waals surface area contributed by atoms with Crippen LogP contribution in [0.1, 0.15) is 40.2 Å². The van der Waals surface area contributed by atoms with Gasteiger partial charge in [-0.05, 0) is 56.5 Å². The molecule has 0 aliphatic rings. The number of nitrogens with zero attached hydrogens (tertiary/aromatic N) is 1. The quantitative estimate of drug-likeness (QED) is 0.667. The van der Waals surface area contributed by atoms with E-state index in [1.165, 1.54) is 0 Å². The fraction of sp³-hybridized carbons (Fsp3) is 0.417. The molecular formula is C24H33N3O2. The summed E-state index contributed by atoms with van der Waals surface area (Å²) >= 11 is 0. The molecule has 0 unspecified atom stereocenters. The predicted octanol–water partition coefficient (Wildman–Crippen LogP) is 4.24. The molecule has 0 spiro atoms. The van der Waals surface area contributed by atoms with E-state index < -0.39 is 6.04 Å². The highest BCUT2D eigenvalue weighted by Crippen LogP contribution is 2.20.